The molecule has 0 radical (unpaired) electrons. The van der Waals surface area contributed by atoms with E-state index in [4.69, 9.17) is 18.0 Å². The SMILES string of the molecule is C#CCC[C@H]1C(=O)N[C@@H]([C@@H](C)CC)C(=O)N(C)[C@@H](C)C(=O)N2CC[C@H]2C(=O)N(C)[C@@H](Cc2ccc(I)cc2)C(=O)N(C)CC(=O)N[C@@H](CCc2ccc(C(F)(F)F)c(Cl)c2)C(=O)N2CCC[C@H]2C(=O)NC2(CCCC2)C(=O)N(C)[C@@H](C2CCCCC2)C(=O)N[C@H](C)CC(=O)N1C. The minimum absolute atomic E-state index is 0.00829. The number of benzene rings is 2. The lowest BCUT2D eigenvalue weighted by Gasteiger charge is -2.45. The molecule has 2 aliphatic carbocycles. The number of rotatable bonds is 10. The van der Waals surface area contributed by atoms with Gasteiger partial charge in [-0.3, -0.25) is 52.7 Å². The fourth-order valence-corrected chi connectivity index (χ4v) is 14.7. The van der Waals surface area contributed by atoms with Crippen molar-refractivity contribution in [1.29, 1.82) is 0 Å². The molecule has 4 N–H and O–H groups in total. The lowest BCUT2D eigenvalue weighted by Crippen LogP contribution is -2.65. The highest BCUT2D eigenvalue weighted by Crippen LogP contribution is 2.38. The molecular formula is C69H94ClF3IN11O11. The van der Waals surface area contributed by atoms with E-state index in [0.29, 0.717) is 49.7 Å². The van der Waals surface area contributed by atoms with Gasteiger partial charge in [-0.05, 0) is 148 Å². The quantitative estimate of drug-likeness (QED) is 0.162. The van der Waals surface area contributed by atoms with E-state index in [2.05, 4.69) is 49.8 Å². The second-order valence-electron chi connectivity index (χ2n) is 26.9. The van der Waals surface area contributed by atoms with Crippen LogP contribution < -0.4 is 21.3 Å². The summed E-state index contributed by atoms with van der Waals surface area (Å²) in [5, 5.41) is 11.1. The molecule has 22 nitrogen and oxygen atoms in total. The summed E-state index contributed by atoms with van der Waals surface area (Å²) in [6.07, 6.45) is 6.80. The summed E-state index contributed by atoms with van der Waals surface area (Å²) in [5.74, 6) is -5.21. The van der Waals surface area contributed by atoms with E-state index >= 15 is 9.59 Å². The molecule has 11 amide bonds. The number of likely N-dealkylation sites (N-methyl/N-ethyl adjacent to an activating group) is 5. The number of amides is 11. The summed E-state index contributed by atoms with van der Waals surface area (Å²) in [5.41, 5.74) is -1.63. The highest BCUT2D eigenvalue weighted by Gasteiger charge is 2.51. The predicted molar refractivity (Wildman–Crippen MR) is 362 cm³/mol. The number of halogens is 5. The Morgan fingerprint density at radius 3 is 1.93 bits per heavy atom. The number of carbonyl (C=O) groups excluding carboxylic acids is 11. The Balaban J connectivity index is 1.26. The van der Waals surface area contributed by atoms with Gasteiger partial charge in [0.05, 0.1) is 17.1 Å². The van der Waals surface area contributed by atoms with E-state index in [0.717, 1.165) is 39.9 Å². The van der Waals surface area contributed by atoms with E-state index in [-0.39, 0.29) is 83.2 Å². The van der Waals surface area contributed by atoms with Gasteiger partial charge < -0.3 is 55.6 Å². The third kappa shape index (κ3) is 18.2. The Kier molecular flexibility index (Phi) is 26.6. The first kappa shape index (κ1) is 76.3. The number of hydrogen-bond acceptors (Lipinski definition) is 11. The molecule has 0 unspecified atom stereocenters. The summed E-state index contributed by atoms with van der Waals surface area (Å²) in [7, 11) is 7.15. The molecule has 0 bridgehead atoms. The molecule has 7 rings (SSSR count). The average Bonchev–Trinajstić information content (AvgIpc) is 1.35. The number of carbonyl (C=O) groups is 11. The molecule has 2 saturated carbocycles. The maximum absolute atomic E-state index is 15.3. The zero-order valence-electron chi connectivity index (χ0n) is 56.5. The van der Waals surface area contributed by atoms with Gasteiger partial charge in [0.15, 0.2) is 0 Å². The Morgan fingerprint density at radius 1 is 0.677 bits per heavy atom. The zero-order chi connectivity index (χ0) is 70.7. The maximum Gasteiger partial charge on any atom is 0.417 e. The first-order chi connectivity index (χ1) is 45.3. The molecule has 3 aliphatic heterocycles. The fraction of sp³-hybridized carbons (Fsp3) is 0.638. The van der Waals surface area contributed by atoms with Crippen LogP contribution in [0.5, 0.6) is 0 Å². The van der Waals surface area contributed by atoms with E-state index in [9.17, 15) is 56.3 Å². The maximum atomic E-state index is 15.3. The lowest BCUT2D eigenvalue weighted by molar-refractivity contribution is -0.160. The molecule has 5 fully saturated rings. The normalized spacial score (nSPS) is 27.2. The molecule has 0 aromatic heterocycles. The number of nitrogens with one attached hydrogen (secondary N) is 4. The van der Waals surface area contributed by atoms with Crippen LogP contribution in [-0.2, 0) is 71.8 Å². The minimum atomic E-state index is -4.76. The van der Waals surface area contributed by atoms with Crippen LogP contribution in [-0.4, -0.2) is 214 Å². The molecule has 3 heterocycles. The number of hydrogen-bond donors (Lipinski definition) is 4. The van der Waals surface area contributed by atoms with Crippen LogP contribution in [0.15, 0.2) is 42.5 Å². The van der Waals surface area contributed by atoms with Crippen molar-refractivity contribution in [3.8, 4) is 12.3 Å². The summed E-state index contributed by atoms with van der Waals surface area (Å²) >= 11 is 8.27. The number of alkyl halides is 3. The van der Waals surface area contributed by atoms with Crippen LogP contribution in [0.2, 0.25) is 5.02 Å². The second kappa shape index (κ2) is 33.5. The molecule has 3 saturated heterocycles. The molecule has 10 atom stereocenters. The van der Waals surface area contributed by atoms with Crippen molar-refractivity contribution >= 4 is 99.2 Å². The van der Waals surface area contributed by atoms with E-state index < -0.39 is 154 Å². The summed E-state index contributed by atoms with van der Waals surface area (Å²) in [6, 6.07) is 0.0214. The molecule has 2 aromatic carbocycles. The van der Waals surface area contributed by atoms with Gasteiger partial charge in [0.1, 0.15) is 53.9 Å². The van der Waals surface area contributed by atoms with Gasteiger partial charge in [0, 0.05) is 77.2 Å². The van der Waals surface area contributed by atoms with Gasteiger partial charge in [0.2, 0.25) is 65.0 Å². The van der Waals surface area contributed by atoms with Crippen molar-refractivity contribution in [2.24, 2.45) is 11.8 Å². The van der Waals surface area contributed by atoms with E-state index in [1.807, 2.05) is 19.1 Å². The summed E-state index contributed by atoms with van der Waals surface area (Å²) in [4.78, 5) is 171. The highest BCUT2D eigenvalue weighted by atomic mass is 127. The molecule has 27 heteroatoms. The molecular weight excluding hydrogens is 1380 g/mol. The van der Waals surface area contributed by atoms with Crippen molar-refractivity contribution in [3.63, 3.8) is 0 Å². The molecule has 2 aromatic rings. The van der Waals surface area contributed by atoms with Crippen molar-refractivity contribution in [3.05, 3.63) is 67.7 Å². The van der Waals surface area contributed by atoms with Gasteiger partial charge in [-0.2, -0.15) is 13.2 Å². The second-order valence-corrected chi connectivity index (χ2v) is 28.6. The average molecular weight is 1470 g/mol. The van der Waals surface area contributed by atoms with Crippen molar-refractivity contribution in [2.75, 3.05) is 54.9 Å². The van der Waals surface area contributed by atoms with Gasteiger partial charge in [-0.1, -0.05) is 82.2 Å². The Hall–Kier alpha value is -7.02. The van der Waals surface area contributed by atoms with Crippen LogP contribution >= 0.6 is 34.2 Å². The third-order valence-corrected chi connectivity index (χ3v) is 21.3. The fourth-order valence-electron chi connectivity index (χ4n) is 14.1. The van der Waals surface area contributed by atoms with E-state index in [1.165, 1.54) is 77.6 Å². The van der Waals surface area contributed by atoms with E-state index in [1.54, 1.807) is 26.0 Å². The van der Waals surface area contributed by atoms with Crippen LogP contribution in [0.4, 0.5) is 13.2 Å². The lowest BCUT2D eigenvalue weighted by atomic mass is 9.82. The third-order valence-electron chi connectivity index (χ3n) is 20.3. The van der Waals surface area contributed by atoms with Crippen LogP contribution in [0.25, 0.3) is 0 Å². The molecule has 96 heavy (non-hydrogen) atoms. The van der Waals surface area contributed by atoms with Gasteiger partial charge >= 0.3 is 6.18 Å². The predicted octanol–water partition coefficient (Wildman–Crippen LogP) is 5.86. The Labute approximate surface area is 580 Å². The first-order valence-corrected chi connectivity index (χ1v) is 35.0. The van der Waals surface area contributed by atoms with Gasteiger partial charge in [0.25, 0.3) is 0 Å². The van der Waals surface area contributed by atoms with Crippen LogP contribution in [0.1, 0.15) is 154 Å². The molecule has 526 valence electrons. The topological polar surface area (TPSA) is 259 Å². The smallest absolute Gasteiger partial charge is 0.351 e. The van der Waals surface area contributed by atoms with Crippen molar-refractivity contribution in [2.45, 2.75) is 216 Å². The van der Waals surface area contributed by atoms with Crippen molar-refractivity contribution < 1.29 is 65.9 Å². The summed E-state index contributed by atoms with van der Waals surface area (Å²) in [6.45, 7) is 6.24. The van der Waals surface area contributed by atoms with Crippen LogP contribution in [0.3, 0.4) is 0 Å². The van der Waals surface area contributed by atoms with Crippen molar-refractivity contribution in [1.82, 2.24) is 55.6 Å². The van der Waals surface area contributed by atoms with Gasteiger partial charge in [-0.25, -0.2) is 0 Å². The number of aryl methyl sites for hydroxylation is 1. The number of terminal acetylenes is 1. The standard InChI is InChI=1S/C69H94ClF3IN11O11/c1-11-13-22-51-59(88)77-57(41(3)12-2)66(95)80(7)43(5)62(91)85-36-32-53(85)65(94)82(9)54(39-45-24-28-47(74)29-25-45)64(93)79(6)40-55(86)76-50(31-27-44-26-30-48(49(70)38-44)69(71,72)73)63(92)84-35-19-23-52(84)60(89)78-68(33-17-18-34-68)67(96)83(10)58(46-20-15-14-16-21-46)61(90)75-42(4)37-56(87)81(51)8/h1,24-26,28-30,38,41-43,46,50-54,57-58H,12-23,27,31-37,39-40H2,2-10H3,(H,75,90)(H,76,86)(H,77,88)(H,78,89)/t41-,42+,43-,50-,51-,52-,53-,54-,57-,58-/m0/s1. The monoisotopic (exact) mass is 1470 g/mol. The minimum Gasteiger partial charge on any atom is -0.351 e. The zero-order valence-corrected chi connectivity index (χ0v) is 59.5. The Bertz CT molecular complexity index is 3250. The largest absolute Gasteiger partial charge is 0.417 e. The number of nitrogens with zero attached hydrogens (tertiary/aromatic N) is 7. The van der Waals surface area contributed by atoms with Crippen LogP contribution in [0, 0.1) is 27.7 Å². The summed E-state index contributed by atoms with van der Waals surface area (Å²) < 4.78 is 42.4. The Morgan fingerprint density at radius 2 is 1.32 bits per heavy atom. The number of fused-ring (bicyclic) bond motifs is 2. The molecule has 1 spiro atoms. The first-order valence-electron chi connectivity index (χ1n) is 33.5. The van der Waals surface area contributed by atoms with Gasteiger partial charge in [-0.15, -0.1) is 12.3 Å². The highest BCUT2D eigenvalue weighted by molar-refractivity contribution is 14.1. The molecule has 5 aliphatic rings.